The summed E-state index contributed by atoms with van der Waals surface area (Å²) in [4.78, 5) is 38.1. The van der Waals surface area contributed by atoms with Crippen molar-refractivity contribution in [2.24, 2.45) is 0 Å². The number of ether oxygens (including phenoxy) is 1. The highest BCUT2D eigenvalue weighted by atomic mass is 16.5. The molecule has 1 fully saturated rings. The van der Waals surface area contributed by atoms with E-state index >= 15 is 0 Å². The predicted molar refractivity (Wildman–Crippen MR) is 109 cm³/mol. The van der Waals surface area contributed by atoms with Gasteiger partial charge in [0, 0.05) is 25.6 Å². The number of phenolic OH excluding ortho intramolecular Hbond substituents is 1. The first kappa shape index (κ1) is 20.9. The number of rotatable bonds is 6. The molecule has 2 aromatic carbocycles. The summed E-state index contributed by atoms with van der Waals surface area (Å²) < 4.78 is 5.15. The number of carbonyl (C=O) groups is 3. The fourth-order valence-corrected chi connectivity index (χ4v) is 3.43. The molecule has 0 bridgehead atoms. The number of nitrogens with zero attached hydrogens (tertiary/aromatic N) is 1. The van der Waals surface area contributed by atoms with E-state index in [2.05, 4.69) is 5.32 Å². The lowest BCUT2D eigenvalue weighted by Crippen LogP contribution is -2.37. The maximum absolute atomic E-state index is 12.9. The number of carbonyl (C=O) groups excluding carboxylic acids is 3. The fraction of sp³-hybridized carbons (Fsp3) is 0.227. The molecule has 0 aliphatic carbocycles. The lowest BCUT2D eigenvalue weighted by Gasteiger charge is -2.25. The first-order valence-electron chi connectivity index (χ1n) is 9.30. The molecule has 2 amide bonds. The summed E-state index contributed by atoms with van der Waals surface area (Å²) >= 11 is 0. The number of amides is 2. The third-order valence-corrected chi connectivity index (χ3v) is 4.83. The molecule has 8 nitrogen and oxygen atoms in total. The van der Waals surface area contributed by atoms with Crippen LogP contribution in [0, 0.1) is 0 Å². The zero-order valence-corrected chi connectivity index (χ0v) is 16.6. The quantitative estimate of drug-likeness (QED) is 0.381. The minimum Gasteiger partial charge on any atom is -0.507 e. The first-order chi connectivity index (χ1) is 14.3. The third-order valence-electron chi connectivity index (χ3n) is 4.83. The Labute approximate surface area is 173 Å². The number of phenols is 1. The van der Waals surface area contributed by atoms with E-state index in [1.165, 1.54) is 31.1 Å². The number of Topliss-reactive ketones (excluding diaryl/α,β-unsaturated/α-hetero) is 1. The molecule has 1 aliphatic rings. The highest BCUT2D eigenvalue weighted by molar-refractivity contribution is 6.46. The molecular formula is C22H22N2O6. The van der Waals surface area contributed by atoms with Crippen molar-refractivity contribution >= 4 is 23.4 Å². The topological polar surface area (TPSA) is 116 Å². The lowest BCUT2D eigenvalue weighted by atomic mass is 9.95. The van der Waals surface area contributed by atoms with Crippen molar-refractivity contribution < 1.29 is 29.3 Å². The third kappa shape index (κ3) is 3.98. The zero-order chi connectivity index (χ0) is 21.8. The van der Waals surface area contributed by atoms with E-state index < -0.39 is 17.7 Å². The van der Waals surface area contributed by atoms with Crippen molar-refractivity contribution in [1.29, 1.82) is 0 Å². The second-order valence-electron chi connectivity index (χ2n) is 6.77. The molecule has 30 heavy (non-hydrogen) atoms. The van der Waals surface area contributed by atoms with E-state index in [1.807, 2.05) is 0 Å². The number of hydrogen-bond acceptors (Lipinski definition) is 6. The summed E-state index contributed by atoms with van der Waals surface area (Å²) in [5, 5.41) is 23.4. The summed E-state index contributed by atoms with van der Waals surface area (Å²) in [7, 11) is 1.39. The van der Waals surface area contributed by atoms with E-state index in [1.54, 1.807) is 36.4 Å². The molecule has 1 saturated heterocycles. The van der Waals surface area contributed by atoms with Crippen LogP contribution in [0.4, 0.5) is 0 Å². The molecule has 1 heterocycles. The maximum Gasteiger partial charge on any atom is 0.295 e. The van der Waals surface area contributed by atoms with Gasteiger partial charge in [0.05, 0.1) is 18.7 Å². The van der Waals surface area contributed by atoms with E-state index in [4.69, 9.17) is 4.74 Å². The molecule has 3 N–H and O–H groups in total. The second-order valence-corrected chi connectivity index (χ2v) is 6.77. The number of methoxy groups -OCH3 is 1. The highest BCUT2D eigenvalue weighted by Gasteiger charge is 2.46. The van der Waals surface area contributed by atoms with Crippen molar-refractivity contribution in [3.63, 3.8) is 0 Å². The lowest BCUT2D eigenvalue weighted by molar-refractivity contribution is -0.140. The van der Waals surface area contributed by atoms with Gasteiger partial charge in [-0.1, -0.05) is 36.4 Å². The number of benzene rings is 2. The standard InChI is InChI=1S/C22H22N2O6/c1-13(25)23-10-11-24-19(15-8-9-16(26)17(12-15)30-2)18(21(28)22(24)29)20(27)14-6-4-3-5-7-14/h3-9,12,19,26-27H,10-11H2,1-2H3,(H,23,25)/t19-/m1/s1. The van der Waals surface area contributed by atoms with Crippen LogP contribution in [0.5, 0.6) is 11.5 Å². The van der Waals surface area contributed by atoms with Crippen molar-refractivity contribution in [1.82, 2.24) is 10.2 Å². The highest BCUT2D eigenvalue weighted by Crippen LogP contribution is 2.41. The van der Waals surface area contributed by atoms with Crippen LogP contribution in [0.3, 0.4) is 0 Å². The molecule has 3 rings (SSSR count). The van der Waals surface area contributed by atoms with Crippen molar-refractivity contribution in [2.45, 2.75) is 13.0 Å². The van der Waals surface area contributed by atoms with E-state index in [9.17, 15) is 24.6 Å². The number of nitrogens with one attached hydrogen (secondary N) is 1. The monoisotopic (exact) mass is 410 g/mol. The Hall–Kier alpha value is -3.81. The molecular weight excluding hydrogens is 388 g/mol. The van der Waals surface area contributed by atoms with Gasteiger partial charge in [-0.3, -0.25) is 14.4 Å². The van der Waals surface area contributed by atoms with Gasteiger partial charge in [-0.05, 0) is 17.7 Å². The van der Waals surface area contributed by atoms with E-state index in [0.29, 0.717) is 11.1 Å². The van der Waals surface area contributed by atoms with Crippen LogP contribution in [0.2, 0.25) is 0 Å². The summed E-state index contributed by atoms with van der Waals surface area (Å²) in [5.41, 5.74) is 0.805. The zero-order valence-electron chi connectivity index (χ0n) is 16.6. The molecule has 0 spiro atoms. The van der Waals surface area contributed by atoms with E-state index in [-0.39, 0.29) is 41.8 Å². The smallest absolute Gasteiger partial charge is 0.295 e. The minimum absolute atomic E-state index is 0.0591. The Morgan fingerprint density at radius 2 is 1.87 bits per heavy atom. The molecule has 0 saturated carbocycles. The Kier molecular flexibility index (Phi) is 6.06. The molecule has 0 aromatic heterocycles. The van der Waals surface area contributed by atoms with Crippen LogP contribution in [-0.2, 0) is 14.4 Å². The molecule has 0 radical (unpaired) electrons. The fourth-order valence-electron chi connectivity index (χ4n) is 3.43. The van der Waals surface area contributed by atoms with Crippen LogP contribution >= 0.6 is 0 Å². The second kappa shape index (κ2) is 8.69. The summed E-state index contributed by atoms with van der Waals surface area (Å²) in [6.07, 6.45) is 0. The van der Waals surface area contributed by atoms with Crippen LogP contribution in [0.25, 0.3) is 5.76 Å². The van der Waals surface area contributed by atoms with Gasteiger partial charge in [-0.2, -0.15) is 0 Å². The molecule has 2 aromatic rings. The molecule has 1 aliphatic heterocycles. The van der Waals surface area contributed by atoms with E-state index in [0.717, 1.165) is 0 Å². The maximum atomic E-state index is 12.9. The predicted octanol–water partition coefficient (Wildman–Crippen LogP) is 1.96. The van der Waals surface area contributed by atoms with Gasteiger partial charge in [0.1, 0.15) is 5.76 Å². The van der Waals surface area contributed by atoms with Gasteiger partial charge in [-0.25, -0.2) is 0 Å². The summed E-state index contributed by atoms with van der Waals surface area (Å²) in [5.74, 6) is -2.10. The Bertz CT molecular complexity index is 1020. The number of hydrogen-bond donors (Lipinski definition) is 3. The normalized spacial score (nSPS) is 17.8. The SMILES string of the molecule is COc1cc([C@@H]2C(=C(O)c3ccccc3)C(=O)C(=O)N2CCNC(C)=O)ccc1O. The molecule has 1 atom stereocenters. The van der Waals surface area contributed by atoms with Gasteiger partial charge >= 0.3 is 0 Å². The Morgan fingerprint density at radius 1 is 1.17 bits per heavy atom. The van der Waals surface area contributed by atoms with Gasteiger partial charge in [0.25, 0.3) is 11.7 Å². The minimum atomic E-state index is -0.909. The number of ketones is 1. The van der Waals surface area contributed by atoms with Crippen molar-refractivity contribution in [3.05, 3.63) is 65.2 Å². The van der Waals surface area contributed by atoms with Crippen molar-refractivity contribution in [3.8, 4) is 11.5 Å². The van der Waals surface area contributed by atoms with Gasteiger partial charge in [0.15, 0.2) is 11.5 Å². The molecule has 0 unspecified atom stereocenters. The van der Waals surface area contributed by atoms with Gasteiger partial charge in [0.2, 0.25) is 5.91 Å². The first-order valence-corrected chi connectivity index (χ1v) is 9.30. The average molecular weight is 410 g/mol. The average Bonchev–Trinajstić information content (AvgIpc) is 2.99. The van der Waals surface area contributed by atoms with Crippen LogP contribution in [-0.4, -0.2) is 52.9 Å². The number of aliphatic hydroxyl groups is 1. The van der Waals surface area contributed by atoms with Crippen LogP contribution < -0.4 is 10.1 Å². The van der Waals surface area contributed by atoms with Gasteiger partial charge in [-0.15, -0.1) is 0 Å². The van der Waals surface area contributed by atoms with Crippen molar-refractivity contribution in [2.75, 3.05) is 20.2 Å². The Balaban J connectivity index is 2.13. The Morgan fingerprint density at radius 3 is 2.50 bits per heavy atom. The number of likely N-dealkylation sites (tertiary alicyclic amines) is 1. The van der Waals surface area contributed by atoms with Crippen LogP contribution in [0.15, 0.2) is 54.1 Å². The largest absolute Gasteiger partial charge is 0.507 e. The number of aliphatic hydroxyl groups excluding tert-OH is 1. The number of aromatic hydroxyl groups is 1. The van der Waals surface area contributed by atoms with Crippen LogP contribution in [0.1, 0.15) is 24.1 Å². The van der Waals surface area contributed by atoms with Gasteiger partial charge < -0.3 is 25.2 Å². The summed E-state index contributed by atoms with van der Waals surface area (Å²) in [6.45, 7) is 1.55. The molecule has 156 valence electrons. The summed E-state index contributed by atoms with van der Waals surface area (Å²) in [6, 6.07) is 12.0. The molecule has 8 heteroatoms.